The molecule has 0 aromatic heterocycles. The van der Waals surface area contributed by atoms with Gasteiger partial charge in [-0.2, -0.15) is 0 Å². The van der Waals surface area contributed by atoms with Crippen molar-refractivity contribution in [1.82, 2.24) is 5.32 Å². The van der Waals surface area contributed by atoms with Crippen molar-refractivity contribution in [3.63, 3.8) is 0 Å². The van der Waals surface area contributed by atoms with Crippen LogP contribution in [0.4, 0.5) is 10.5 Å². The maximum absolute atomic E-state index is 11.5. The van der Waals surface area contributed by atoms with Gasteiger partial charge in [0.1, 0.15) is 6.61 Å². The summed E-state index contributed by atoms with van der Waals surface area (Å²) in [5.41, 5.74) is 0.0450. The molecule has 19 heavy (non-hydrogen) atoms. The van der Waals surface area contributed by atoms with Gasteiger partial charge in [-0.25, -0.2) is 4.79 Å². The molecule has 0 fully saturated rings. The van der Waals surface area contributed by atoms with Gasteiger partial charge in [0.15, 0.2) is 0 Å². The van der Waals surface area contributed by atoms with Crippen LogP contribution in [0, 0.1) is 10.1 Å². The lowest BCUT2D eigenvalue weighted by atomic mass is 9.94. The molecule has 6 nitrogen and oxygen atoms in total. The molecular weight excluding hydrogens is 272 g/mol. The summed E-state index contributed by atoms with van der Waals surface area (Å²) in [5, 5.41) is 13.2. The van der Waals surface area contributed by atoms with Crippen LogP contribution in [0.5, 0.6) is 0 Å². The molecule has 0 aliphatic rings. The molecule has 0 atom stereocenters. The number of halogens is 1. The second kappa shape index (κ2) is 6.38. The number of nitro benzene ring substituents is 1. The molecule has 0 saturated heterocycles. The second-order valence-corrected chi connectivity index (χ2v) is 4.76. The number of ether oxygens (including phenoxy) is 1. The average Bonchev–Trinajstić information content (AvgIpc) is 2.36. The molecule has 1 amide bonds. The number of carbonyl (C=O) groups excluding carboxylic acids is 1. The lowest BCUT2D eigenvalue weighted by Crippen LogP contribution is -2.41. The summed E-state index contributed by atoms with van der Waals surface area (Å²) in [4.78, 5) is 21.6. The fourth-order valence-electron chi connectivity index (χ4n) is 1.49. The third kappa shape index (κ3) is 4.40. The van der Waals surface area contributed by atoms with Gasteiger partial charge in [-0.15, -0.1) is 11.6 Å². The average molecular weight is 287 g/mol. The highest BCUT2D eigenvalue weighted by Gasteiger charge is 2.24. The summed E-state index contributed by atoms with van der Waals surface area (Å²) >= 11 is 5.41. The molecule has 0 saturated carbocycles. The minimum absolute atomic E-state index is 0.00395. The van der Waals surface area contributed by atoms with Crippen molar-refractivity contribution in [2.45, 2.75) is 19.4 Å². The Hall–Kier alpha value is -1.82. The second-order valence-electron chi connectivity index (χ2n) is 4.38. The molecule has 1 rings (SSSR count). The molecule has 1 aromatic rings. The van der Waals surface area contributed by atoms with Crippen LogP contribution in [0.3, 0.4) is 0 Å². The number of non-ortho nitro benzene ring substituents is 1. The van der Waals surface area contributed by atoms with Crippen LogP contribution in [0.2, 0.25) is 0 Å². The highest BCUT2D eigenvalue weighted by atomic mass is 35.5. The van der Waals surface area contributed by atoms with E-state index in [9.17, 15) is 14.9 Å². The van der Waals surface area contributed by atoms with Crippen LogP contribution >= 0.6 is 11.6 Å². The van der Waals surface area contributed by atoms with E-state index in [2.05, 4.69) is 5.32 Å². The van der Waals surface area contributed by atoms with Gasteiger partial charge in [-0.1, -0.05) is 0 Å². The van der Waals surface area contributed by atoms with Gasteiger partial charge >= 0.3 is 6.09 Å². The molecule has 0 radical (unpaired) electrons. The number of nitrogens with one attached hydrogen (secondary N) is 1. The predicted octanol–water partition coefficient (Wildman–Crippen LogP) is 2.79. The Kier molecular flexibility index (Phi) is 5.11. The topological polar surface area (TPSA) is 81.5 Å². The van der Waals surface area contributed by atoms with Crippen molar-refractivity contribution in [3.05, 3.63) is 39.9 Å². The molecule has 104 valence electrons. The van der Waals surface area contributed by atoms with E-state index >= 15 is 0 Å². The van der Waals surface area contributed by atoms with Crippen LogP contribution < -0.4 is 5.32 Å². The van der Waals surface area contributed by atoms with E-state index in [4.69, 9.17) is 16.3 Å². The smallest absolute Gasteiger partial charge is 0.407 e. The first-order valence-electron chi connectivity index (χ1n) is 5.62. The van der Waals surface area contributed by atoms with E-state index in [0.717, 1.165) is 5.56 Å². The SMILES string of the molecule is CC(C)(NC(=O)OCCCl)c1ccc([N+](=O)[O-])cc1. The lowest BCUT2D eigenvalue weighted by Gasteiger charge is -2.26. The minimum Gasteiger partial charge on any atom is -0.448 e. The first-order valence-corrected chi connectivity index (χ1v) is 6.16. The highest BCUT2D eigenvalue weighted by Crippen LogP contribution is 2.22. The molecule has 0 spiro atoms. The van der Waals surface area contributed by atoms with Crippen molar-refractivity contribution in [3.8, 4) is 0 Å². The number of rotatable bonds is 5. The monoisotopic (exact) mass is 286 g/mol. The summed E-state index contributed by atoms with van der Waals surface area (Å²) in [6.45, 7) is 3.68. The zero-order valence-electron chi connectivity index (χ0n) is 10.7. The maximum Gasteiger partial charge on any atom is 0.407 e. The number of hydrogen-bond donors (Lipinski definition) is 1. The first kappa shape index (κ1) is 15.2. The van der Waals surface area contributed by atoms with E-state index < -0.39 is 16.6 Å². The van der Waals surface area contributed by atoms with E-state index in [1.807, 2.05) is 0 Å². The summed E-state index contributed by atoms with van der Waals surface area (Å²) in [5.74, 6) is 0.228. The Morgan fingerprint density at radius 2 is 2.00 bits per heavy atom. The van der Waals surface area contributed by atoms with E-state index in [1.54, 1.807) is 26.0 Å². The molecule has 0 heterocycles. The van der Waals surface area contributed by atoms with Gasteiger partial charge in [-0.05, 0) is 31.5 Å². The van der Waals surface area contributed by atoms with Crippen molar-refractivity contribution >= 4 is 23.4 Å². The fraction of sp³-hybridized carbons (Fsp3) is 0.417. The van der Waals surface area contributed by atoms with E-state index in [-0.39, 0.29) is 18.2 Å². The van der Waals surface area contributed by atoms with E-state index in [1.165, 1.54) is 12.1 Å². The maximum atomic E-state index is 11.5. The quantitative estimate of drug-likeness (QED) is 0.512. The number of alkyl halides is 1. The number of amides is 1. The molecule has 0 aliphatic heterocycles. The predicted molar refractivity (Wildman–Crippen MR) is 71.3 cm³/mol. The van der Waals surface area contributed by atoms with Crippen LogP contribution in [-0.4, -0.2) is 23.5 Å². The fourth-order valence-corrected chi connectivity index (χ4v) is 1.57. The third-order valence-electron chi connectivity index (χ3n) is 2.52. The Bertz CT molecular complexity index is 459. The Morgan fingerprint density at radius 3 is 2.47 bits per heavy atom. The molecule has 0 bridgehead atoms. The lowest BCUT2D eigenvalue weighted by molar-refractivity contribution is -0.384. The molecular formula is C12H15ClN2O4. The largest absolute Gasteiger partial charge is 0.448 e. The molecule has 1 aromatic carbocycles. The Labute approximate surface area is 115 Å². The van der Waals surface area contributed by atoms with Gasteiger partial charge in [0.2, 0.25) is 0 Å². The van der Waals surface area contributed by atoms with Crippen molar-refractivity contribution in [2.24, 2.45) is 0 Å². The molecule has 1 N–H and O–H groups in total. The van der Waals surface area contributed by atoms with Gasteiger partial charge < -0.3 is 10.1 Å². The van der Waals surface area contributed by atoms with Crippen LogP contribution in [0.25, 0.3) is 0 Å². The van der Waals surface area contributed by atoms with Gasteiger partial charge in [0.05, 0.1) is 16.3 Å². The van der Waals surface area contributed by atoms with Gasteiger partial charge in [0.25, 0.3) is 5.69 Å². The van der Waals surface area contributed by atoms with Gasteiger partial charge in [0, 0.05) is 12.1 Å². The number of alkyl carbamates (subject to hydrolysis) is 1. The Morgan fingerprint density at radius 1 is 1.42 bits per heavy atom. The number of benzene rings is 1. The van der Waals surface area contributed by atoms with Crippen LogP contribution in [0.1, 0.15) is 19.4 Å². The summed E-state index contributed by atoms with van der Waals surface area (Å²) < 4.78 is 4.82. The summed E-state index contributed by atoms with van der Waals surface area (Å²) in [6.07, 6.45) is -0.580. The number of nitrogens with zero attached hydrogens (tertiary/aromatic N) is 1. The molecule has 0 unspecified atom stereocenters. The van der Waals surface area contributed by atoms with Gasteiger partial charge in [-0.3, -0.25) is 10.1 Å². The summed E-state index contributed by atoms with van der Waals surface area (Å²) in [7, 11) is 0. The number of hydrogen-bond acceptors (Lipinski definition) is 4. The zero-order valence-corrected chi connectivity index (χ0v) is 11.4. The highest BCUT2D eigenvalue weighted by molar-refractivity contribution is 6.18. The van der Waals surface area contributed by atoms with Crippen LogP contribution in [0.15, 0.2) is 24.3 Å². The van der Waals surface area contributed by atoms with Crippen LogP contribution in [-0.2, 0) is 10.3 Å². The standard InChI is InChI=1S/C12H15ClN2O4/c1-12(2,14-11(16)19-8-7-13)9-3-5-10(6-4-9)15(17)18/h3-6H,7-8H2,1-2H3,(H,14,16). The van der Waals surface area contributed by atoms with Crippen molar-refractivity contribution in [2.75, 3.05) is 12.5 Å². The molecule has 7 heteroatoms. The number of carbonyl (C=O) groups is 1. The summed E-state index contributed by atoms with van der Waals surface area (Å²) in [6, 6.07) is 5.98. The Balaban J connectivity index is 2.76. The normalized spacial score (nSPS) is 10.9. The van der Waals surface area contributed by atoms with Crippen molar-refractivity contribution in [1.29, 1.82) is 0 Å². The number of nitro groups is 1. The molecule has 0 aliphatic carbocycles. The first-order chi connectivity index (χ1) is 8.86. The van der Waals surface area contributed by atoms with E-state index in [0.29, 0.717) is 0 Å². The van der Waals surface area contributed by atoms with Crippen molar-refractivity contribution < 1.29 is 14.5 Å². The zero-order chi connectivity index (χ0) is 14.5. The third-order valence-corrected chi connectivity index (χ3v) is 2.68. The minimum atomic E-state index is -0.696.